The summed E-state index contributed by atoms with van der Waals surface area (Å²) in [5, 5.41) is 18.8. The number of aliphatic hydroxyl groups is 2. The summed E-state index contributed by atoms with van der Waals surface area (Å²) in [5.74, 6) is 0. The predicted molar refractivity (Wildman–Crippen MR) is 125 cm³/mol. The molecule has 0 atom stereocenters. The molecule has 2 aliphatic rings. The normalized spacial score (nSPS) is 26.3. The van der Waals surface area contributed by atoms with Crippen LogP contribution in [0.1, 0.15) is 92.9 Å². The SMILES string of the molecule is CN(C(=O)OC(C)(C)C)C1CCC(O)CC1.CN(C(=O)OC(C)(C)C)C1CCC(O)CC1. The Labute approximate surface area is 194 Å². The predicted octanol–water partition coefficient (Wildman–Crippen LogP) is 4.31. The van der Waals surface area contributed by atoms with E-state index in [1.165, 1.54) is 0 Å². The average Bonchev–Trinajstić information content (AvgIpc) is 2.66. The molecule has 0 radical (unpaired) electrons. The Morgan fingerprint density at radius 1 is 0.625 bits per heavy atom. The second-order valence-corrected chi connectivity index (χ2v) is 11.1. The molecular formula is C24H46N2O6. The van der Waals surface area contributed by atoms with Crippen molar-refractivity contribution in [2.75, 3.05) is 14.1 Å². The van der Waals surface area contributed by atoms with Crippen molar-refractivity contribution in [2.24, 2.45) is 0 Å². The van der Waals surface area contributed by atoms with Crippen molar-refractivity contribution < 1.29 is 29.3 Å². The molecule has 0 unspecified atom stereocenters. The minimum absolute atomic E-state index is 0.191. The van der Waals surface area contributed by atoms with Crippen LogP contribution in [0.2, 0.25) is 0 Å². The molecule has 2 rings (SSSR count). The molecule has 32 heavy (non-hydrogen) atoms. The van der Waals surface area contributed by atoms with Crippen molar-refractivity contribution in [1.29, 1.82) is 0 Å². The van der Waals surface area contributed by atoms with Crippen LogP contribution in [-0.2, 0) is 9.47 Å². The summed E-state index contributed by atoms with van der Waals surface area (Å²) < 4.78 is 10.6. The maximum absolute atomic E-state index is 11.8. The van der Waals surface area contributed by atoms with E-state index in [2.05, 4.69) is 0 Å². The van der Waals surface area contributed by atoms with E-state index in [1.54, 1.807) is 23.9 Å². The monoisotopic (exact) mass is 458 g/mol. The smallest absolute Gasteiger partial charge is 0.410 e. The number of carbonyl (C=O) groups excluding carboxylic acids is 2. The lowest BCUT2D eigenvalue weighted by Crippen LogP contribution is -2.42. The van der Waals surface area contributed by atoms with Crippen molar-refractivity contribution in [3.8, 4) is 0 Å². The maximum atomic E-state index is 11.8. The van der Waals surface area contributed by atoms with Crippen LogP contribution in [0.25, 0.3) is 0 Å². The Balaban J connectivity index is 0.000000320. The summed E-state index contributed by atoms with van der Waals surface area (Å²) in [7, 11) is 3.55. The van der Waals surface area contributed by atoms with E-state index < -0.39 is 11.2 Å². The Morgan fingerprint density at radius 3 is 1.09 bits per heavy atom. The first-order chi connectivity index (χ1) is 14.6. The van der Waals surface area contributed by atoms with Crippen LogP contribution in [0.3, 0.4) is 0 Å². The Hall–Kier alpha value is -1.54. The summed E-state index contributed by atoms with van der Waals surface area (Å²) in [6, 6.07) is 0.413. The Morgan fingerprint density at radius 2 is 0.875 bits per heavy atom. The fraction of sp³-hybridized carbons (Fsp3) is 0.917. The van der Waals surface area contributed by atoms with Crippen molar-refractivity contribution in [1.82, 2.24) is 9.80 Å². The summed E-state index contributed by atoms with van der Waals surface area (Å²) in [4.78, 5) is 26.9. The van der Waals surface area contributed by atoms with Gasteiger partial charge in [-0.1, -0.05) is 0 Å². The molecule has 0 bridgehead atoms. The number of rotatable bonds is 2. The summed E-state index contributed by atoms with van der Waals surface area (Å²) >= 11 is 0. The first-order valence-corrected chi connectivity index (χ1v) is 11.9. The van der Waals surface area contributed by atoms with E-state index in [9.17, 15) is 19.8 Å². The molecule has 188 valence electrons. The minimum Gasteiger partial charge on any atom is -0.444 e. The van der Waals surface area contributed by atoms with Gasteiger partial charge in [0.2, 0.25) is 0 Å². The fourth-order valence-corrected chi connectivity index (χ4v) is 3.86. The van der Waals surface area contributed by atoms with E-state index in [4.69, 9.17) is 9.47 Å². The molecule has 0 aliphatic heterocycles. The lowest BCUT2D eigenvalue weighted by Gasteiger charge is -2.34. The van der Waals surface area contributed by atoms with Crippen LogP contribution < -0.4 is 0 Å². The molecule has 2 N–H and O–H groups in total. The van der Waals surface area contributed by atoms with Crippen molar-refractivity contribution >= 4 is 12.2 Å². The zero-order valence-corrected chi connectivity index (χ0v) is 21.4. The second kappa shape index (κ2) is 12.1. The highest BCUT2D eigenvalue weighted by atomic mass is 16.6. The molecule has 2 saturated carbocycles. The molecule has 2 aliphatic carbocycles. The van der Waals surface area contributed by atoms with E-state index in [-0.39, 0.29) is 36.5 Å². The van der Waals surface area contributed by atoms with Crippen LogP contribution in [0, 0.1) is 0 Å². The highest BCUT2D eigenvalue weighted by Crippen LogP contribution is 2.24. The molecule has 2 fully saturated rings. The van der Waals surface area contributed by atoms with Crippen molar-refractivity contribution in [2.45, 2.75) is 128 Å². The highest BCUT2D eigenvalue weighted by molar-refractivity contribution is 5.68. The van der Waals surface area contributed by atoms with Gasteiger partial charge in [-0.2, -0.15) is 0 Å². The lowest BCUT2D eigenvalue weighted by molar-refractivity contribution is 0.0115. The molecular weight excluding hydrogens is 412 g/mol. The van der Waals surface area contributed by atoms with Gasteiger partial charge in [-0.15, -0.1) is 0 Å². The quantitative estimate of drug-likeness (QED) is 0.639. The van der Waals surface area contributed by atoms with Gasteiger partial charge >= 0.3 is 12.2 Å². The third kappa shape index (κ3) is 10.9. The molecule has 2 amide bonds. The van der Waals surface area contributed by atoms with E-state index in [1.807, 2.05) is 41.5 Å². The van der Waals surface area contributed by atoms with Gasteiger partial charge < -0.3 is 29.5 Å². The molecule has 8 nitrogen and oxygen atoms in total. The molecule has 8 heteroatoms. The van der Waals surface area contributed by atoms with Crippen LogP contribution in [0.4, 0.5) is 9.59 Å². The van der Waals surface area contributed by atoms with Crippen LogP contribution in [0.15, 0.2) is 0 Å². The average molecular weight is 459 g/mol. The van der Waals surface area contributed by atoms with Crippen molar-refractivity contribution in [3.05, 3.63) is 0 Å². The molecule has 0 aromatic heterocycles. The summed E-state index contributed by atoms with van der Waals surface area (Å²) in [6.07, 6.45) is 5.61. The zero-order chi connectivity index (χ0) is 24.7. The van der Waals surface area contributed by atoms with Gasteiger partial charge in [0, 0.05) is 26.2 Å². The Bertz CT molecular complexity index is 530. The molecule has 0 aromatic rings. The molecule has 0 spiro atoms. The lowest BCUT2D eigenvalue weighted by atomic mass is 9.92. The number of aliphatic hydroxyl groups excluding tert-OH is 2. The molecule has 0 saturated heterocycles. The summed E-state index contributed by atoms with van der Waals surface area (Å²) in [5.41, 5.74) is -0.890. The molecule has 0 heterocycles. The second-order valence-electron chi connectivity index (χ2n) is 11.1. The number of ether oxygens (including phenoxy) is 2. The van der Waals surface area contributed by atoms with Gasteiger partial charge in [0.1, 0.15) is 11.2 Å². The number of amides is 2. The van der Waals surface area contributed by atoms with E-state index in [0.29, 0.717) is 0 Å². The largest absolute Gasteiger partial charge is 0.444 e. The van der Waals surface area contributed by atoms with E-state index in [0.717, 1.165) is 51.4 Å². The van der Waals surface area contributed by atoms with Gasteiger partial charge in [-0.25, -0.2) is 9.59 Å². The fourth-order valence-electron chi connectivity index (χ4n) is 3.86. The maximum Gasteiger partial charge on any atom is 0.410 e. The van der Waals surface area contributed by atoms with Crippen molar-refractivity contribution in [3.63, 3.8) is 0 Å². The standard InChI is InChI=1S/2C12H23NO3/c2*1-12(2,3)16-11(15)13(4)9-5-7-10(14)8-6-9/h2*9-10,14H,5-8H2,1-4H3. The van der Waals surface area contributed by atoms with Crippen LogP contribution in [0.5, 0.6) is 0 Å². The Kier molecular flexibility index (Phi) is 10.7. The number of hydrogen-bond donors (Lipinski definition) is 2. The first kappa shape index (κ1) is 28.5. The van der Waals surface area contributed by atoms with Gasteiger partial charge in [-0.3, -0.25) is 0 Å². The highest BCUT2D eigenvalue weighted by Gasteiger charge is 2.29. The summed E-state index contributed by atoms with van der Waals surface area (Å²) in [6.45, 7) is 11.2. The third-order valence-electron chi connectivity index (χ3n) is 5.79. The topological polar surface area (TPSA) is 99.5 Å². The van der Waals surface area contributed by atoms with E-state index >= 15 is 0 Å². The van der Waals surface area contributed by atoms with Gasteiger partial charge in [0.15, 0.2) is 0 Å². The number of carbonyl (C=O) groups is 2. The number of nitrogens with zero attached hydrogens (tertiary/aromatic N) is 2. The first-order valence-electron chi connectivity index (χ1n) is 11.9. The molecule has 0 aromatic carbocycles. The number of hydrogen-bond acceptors (Lipinski definition) is 6. The third-order valence-corrected chi connectivity index (χ3v) is 5.79. The van der Waals surface area contributed by atoms with Gasteiger partial charge in [0.05, 0.1) is 12.2 Å². The zero-order valence-electron chi connectivity index (χ0n) is 21.4. The van der Waals surface area contributed by atoms with Crippen LogP contribution in [-0.4, -0.2) is 81.8 Å². The van der Waals surface area contributed by atoms with Crippen LogP contribution >= 0.6 is 0 Å². The minimum atomic E-state index is -0.445. The van der Waals surface area contributed by atoms with Gasteiger partial charge in [0.25, 0.3) is 0 Å². The van der Waals surface area contributed by atoms with Gasteiger partial charge in [-0.05, 0) is 92.9 Å².